The summed E-state index contributed by atoms with van der Waals surface area (Å²) >= 11 is 0. The molecule has 3 N–H and O–H groups in total. The molecule has 0 aromatic heterocycles. The number of carbonyl (C=O) groups excluding carboxylic acids is 1. The standard InChI is InChI=1S/C33H44O4.C31H40O4/c1-6-33(7-2,28-15-14-27(25(4)23-28)18-21-32(35)19-10-11-20-32)29-16-17-30(26(5)24-29)37-22-12-9-13-31(34)36-8-3;1-5-31(6-2,27-14-15-28(24(4)22-27)35-20-10-7-11-29(32)33)26-13-12-25(23(3)21-26)16-19-30(34)17-8-9-18-30/h14-17,23-24,35H,6-13,19-20,22H2,1-5H3;12-15,21-22,34H,5-11,17-18,20H2,1-4H3,(H,32,33). The van der Waals surface area contributed by atoms with E-state index in [1.165, 1.54) is 22.3 Å². The van der Waals surface area contributed by atoms with Gasteiger partial charge in [-0.2, -0.15) is 0 Å². The van der Waals surface area contributed by atoms with Crippen LogP contribution in [0.3, 0.4) is 0 Å². The van der Waals surface area contributed by atoms with Gasteiger partial charge in [0.15, 0.2) is 0 Å². The second-order valence-corrected chi connectivity index (χ2v) is 20.4. The minimum Gasteiger partial charge on any atom is -0.493 e. The van der Waals surface area contributed by atoms with Crippen LogP contribution in [0.5, 0.6) is 11.5 Å². The van der Waals surface area contributed by atoms with Crippen molar-refractivity contribution in [3.63, 3.8) is 0 Å². The average Bonchev–Trinajstić information content (AvgIpc) is 4.01. The summed E-state index contributed by atoms with van der Waals surface area (Å²) in [6.07, 6.45) is 14.8. The van der Waals surface area contributed by atoms with Crippen molar-refractivity contribution in [2.75, 3.05) is 19.8 Å². The van der Waals surface area contributed by atoms with Crippen molar-refractivity contribution in [3.05, 3.63) is 128 Å². The van der Waals surface area contributed by atoms with Gasteiger partial charge in [0.05, 0.1) is 19.8 Å². The molecule has 4 aromatic carbocycles. The van der Waals surface area contributed by atoms with Gasteiger partial charge in [0.25, 0.3) is 0 Å². The summed E-state index contributed by atoms with van der Waals surface area (Å²) in [6.45, 7) is 20.8. The smallest absolute Gasteiger partial charge is 0.305 e. The lowest BCUT2D eigenvalue weighted by molar-refractivity contribution is -0.143. The van der Waals surface area contributed by atoms with Crippen LogP contribution in [0.4, 0.5) is 0 Å². The SMILES string of the molecule is CCC(CC)(c1ccc(C#CC2(O)CCCC2)c(C)c1)c1ccc(OCCCCC(=O)O)c(C)c1.CCOC(=O)CCCCOc1ccc(C(CC)(CC)c2ccc(C#CC3(O)CCCC3)c(C)c2)cc1C. The van der Waals surface area contributed by atoms with E-state index in [1.54, 1.807) is 0 Å². The minimum atomic E-state index is -0.820. The normalized spacial score (nSPS) is 14.8. The molecule has 0 saturated heterocycles. The number of aryl methyl sites for hydroxylation is 4. The van der Waals surface area contributed by atoms with E-state index in [0.29, 0.717) is 32.7 Å². The fourth-order valence-electron chi connectivity index (χ4n) is 10.8. The number of unbranched alkanes of at least 4 members (excludes halogenated alkanes) is 2. The lowest BCUT2D eigenvalue weighted by Gasteiger charge is -2.34. The van der Waals surface area contributed by atoms with Gasteiger partial charge in [-0.25, -0.2) is 0 Å². The van der Waals surface area contributed by atoms with E-state index in [9.17, 15) is 19.8 Å². The molecule has 6 rings (SSSR count). The molecule has 2 aliphatic rings. The van der Waals surface area contributed by atoms with Crippen LogP contribution in [0.2, 0.25) is 0 Å². The second-order valence-electron chi connectivity index (χ2n) is 20.4. The summed E-state index contributed by atoms with van der Waals surface area (Å²) in [5.41, 5.74) is 9.80. The molecule has 72 heavy (non-hydrogen) atoms. The number of carbonyl (C=O) groups is 2. The predicted molar refractivity (Wildman–Crippen MR) is 291 cm³/mol. The van der Waals surface area contributed by atoms with Gasteiger partial charge in [-0.15, -0.1) is 0 Å². The summed E-state index contributed by atoms with van der Waals surface area (Å²) in [5, 5.41) is 30.0. The van der Waals surface area contributed by atoms with Crippen molar-refractivity contribution < 1.29 is 39.1 Å². The molecule has 0 amide bonds. The van der Waals surface area contributed by atoms with E-state index in [2.05, 4.69) is 152 Å². The Morgan fingerprint density at radius 3 is 1.22 bits per heavy atom. The highest BCUT2D eigenvalue weighted by Gasteiger charge is 2.34. The fraction of sp³-hybridized carbons (Fsp3) is 0.531. The van der Waals surface area contributed by atoms with Crippen molar-refractivity contribution in [2.24, 2.45) is 0 Å². The van der Waals surface area contributed by atoms with Gasteiger partial charge in [-0.3, -0.25) is 9.59 Å². The Morgan fingerprint density at radius 2 is 0.889 bits per heavy atom. The molecule has 0 aliphatic heterocycles. The highest BCUT2D eigenvalue weighted by Crippen LogP contribution is 2.43. The van der Waals surface area contributed by atoms with Crippen LogP contribution in [-0.2, 0) is 25.2 Å². The number of hydrogen-bond acceptors (Lipinski definition) is 7. The minimum absolute atomic E-state index is 0.0939. The number of benzene rings is 4. The summed E-state index contributed by atoms with van der Waals surface area (Å²) in [4.78, 5) is 22.2. The molecule has 8 nitrogen and oxygen atoms in total. The molecule has 2 aliphatic carbocycles. The Morgan fingerprint density at radius 1 is 0.528 bits per heavy atom. The first-order chi connectivity index (χ1) is 34.5. The Hall–Kier alpha value is -5.54. The van der Waals surface area contributed by atoms with Crippen LogP contribution >= 0.6 is 0 Å². The zero-order valence-corrected chi connectivity index (χ0v) is 45.2. The van der Waals surface area contributed by atoms with Crippen molar-refractivity contribution in [1.82, 2.24) is 0 Å². The number of aliphatic carboxylic acids is 1. The summed E-state index contributed by atoms with van der Waals surface area (Å²) in [5.74, 6) is 13.7. The van der Waals surface area contributed by atoms with E-state index < -0.39 is 17.2 Å². The highest BCUT2D eigenvalue weighted by atomic mass is 16.5. The lowest BCUT2D eigenvalue weighted by atomic mass is 9.70. The van der Waals surface area contributed by atoms with E-state index in [-0.39, 0.29) is 23.2 Å². The maximum Gasteiger partial charge on any atom is 0.305 e. The van der Waals surface area contributed by atoms with E-state index in [4.69, 9.17) is 19.3 Å². The van der Waals surface area contributed by atoms with Gasteiger partial charge >= 0.3 is 11.9 Å². The van der Waals surface area contributed by atoms with Crippen LogP contribution < -0.4 is 9.47 Å². The zero-order chi connectivity index (χ0) is 52.4. The maximum absolute atomic E-state index is 11.5. The van der Waals surface area contributed by atoms with Crippen molar-refractivity contribution in [3.8, 4) is 35.2 Å². The molecular formula is C64H84O8. The topological polar surface area (TPSA) is 123 Å². The van der Waals surface area contributed by atoms with Crippen molar-refractivity contribution >= 4 is 11.9 Å². The van der Waals surface area contributed by atoms with Gasteiger partial charge in [0, 0.05) is 34.8 Å². The van der Waals surface area contributed by atoms with E-state index in [1.807, 2.05) is 6.92 Å². The highest BCUT2D eigenvalue weighted by molar-refractivity contribution is 5.69. The van der Waals surface area contributed by atoms with Crippen LogP contribution in [0, 0.1) is 51.4 Å². The van der Waals surface area contributed by atoms with Crippen LogP contribution in [-0.4, -0.2) is 58.3 Å². The molecule has 0 bridgehead atoms. The summed E-state index contributed by atoms with van der Waals surface area (Å²) in [7, 11) is 0. The fourth-order valence-corrected chi connectivity index (χ4v) is 10.8. The molecule has 0 spiro atoms. The molecule has 0 unspecified atom stereocenters. The number of aliphatic hydroxyl groups is 2. The zero-order valence-electron chi connectivity index (χ0n) is 45.2. The Kier molecular flexibility index (Phi) is 21.5. The van der Waals surface area contributed by atoms with Crippen LogP contribution in [0.15, 0.2) is 72.8 Å². The quantitative estimate of drug-likeness (QED) is 0.0429. The lowest BCUT2D eigenvalue weighted by Crippen LogP contribution is -2.26. The van der Waals surface area contributed by atoms with E-state index in [0.717, 1.165) is 141 Å². The first kappa shape index (κ1) is 57.4. The van der Waals surface area contributed by atoms with Gasteiger partial charge < -0.3 is 29.5 Å². The molecule has 8 heteroatoms. The first-order valence-electron chi connectivity index (χ1n) is 27.1. The number of esters is 1. The Balaban J connectivity index is 0.000000268. The largest absolute Gasteiger partial charge is 0.493 e. The number of hydrogen-bond donors (Lipinski definition) is 3. The molecule has 2 fully saturated rings. The molecule has 388 valence electrons. The molecular weight excluding hydrogens is 897 g/mol. The van der Waals surface area contributed by atoms with Crippen molar-refractivity contribution in [1.29, 1.82) is 0 Å². The number of carboxylic acids is 1. The second kappa shape index (κ2) is 27.0. The van der Waals surface area contributed by atoms with Gasteiger partial charge in [-0.05, 0) is 206 Å². The number of carboxylic acid groups (broad SMARTS) is 1. The molecule has 0 atom stereocenters. The van der Waals surface area contributed by atoms with Gasteiger partial charge in [-0.1, -0.05) is 99.9 Å². The third-order valence-electron chi connectivity index (χ3n) is 15.5. The van der Waals surface area contributed by atoms with E-state index >= 15 is 0 Å². The number of rotatable bonds is 21. The molecule has 0 heterocycles. The summed E-state index contributed by atoms with van der Waals surface area (Å²) < 4.78 is 17.0. The monoisotopic (exact) mass is 981 g/mol. The maximum atomic E-state index is 11.5. The van der Waals surface area contributed by atoms with Gasteiger partial charge in [0.2, 0.25) is 0 Å². The Bertz CT molecular complexity index is 2540. The average molecular weight is 981 g/mol. The number of ether oxygens (including phenoxy) is 3. The predicted octanol–water partition coefficient (Wildman–Crippen LogP) is 13.9. The molecule has 4 aromatic rings. The third-order valence-corrected chi connectivity index (χ3v) is 15.5. The van der Waals surface area contributed by atoms with Crippen LogP contribution in [0.1, 0.15) is 206 Å². The van der Waals surface area contributed by atoms with Crippen LogP contribution in [0.25, 0.3) is 0 Å². The van der Waals surface area contributed by atoms with Gasteiger partial charge in [0.1, 0.15) is 22.7 Å². The Labute approximate surface area is 432 Å². The molecule has 2 saturated carbocycles. The van der Waals surface area contributed by atoms with Crippen molar-refractivity contribution in [2.45, 2.75) is 200 Å². The third kappa shape index (κ3) is 15.0. The first-order valence-corrected chi connectivity index (χ1v) is 27.1. The molecule has 0 radical (unpaired) electrons. The summed E-state index contributed by atoms with van der Waals surface area (Å²) in [6, 6.07) is 26.2.